The van der Waals surface area contributed by atoms with Crippen LogP contribution in [0.25, 0.3) is 0 Å². The van der Waals surface area contributed by atoms with Crippen LogP contribution in [0.4, 0.5) is 0 Å². The molecule has 0 saturated heterocycles. The summed E-state index contributed by atoms with van der Waals surface area (Å²) >= 11 is 5.98. The molecule has 1 fully saturated rings. The van der Waals surface area contributed by atoms with Gasteiger partial charge in [-0.05, 0) is 25.0 Å². The second kappa shape index (κ2) is 5.44. The first kappa shape index (κ1) is 14.6. The van der Waals surface area contributed by atoms with Crippen LogP contribution in [0.1, 0.15) is 12.8 Å². The van der Waals surface area contributed by atoms with Gasteiger partial charge in [-0.3, -0.25) is 4.79 Å². The van der Waals surface area contributed by atoms with Crippen molar-refractivity contribution >= 4 is 27.5 Å². The molecule has 0 unspecified atom stereocenters. The minimum absolute atomic E-state index is 0.0274. The van der Waals surface area contributed by atoms with Gasteiger partial charge in [0.05, 0.1) is 5.02 Å². The minimum Gasteiger partial charge on any atom is -0.352 e. The predicted molar refractivity (Wildman–Crippen MR) is 79.4 cm³/mol. The van der Waals surface area contributed by atoms with Crippen molar-refractivity contribution in [3.8, 4) is 0 Å². The normalized spacial score (nSPS) is 22.4. The molecule has 5 nitrogen and oxygen atoms in total. The maximum atomic E-state index is 12.7. The lowest BCUT2D eigenvalue weighted by atomic mass is 10.3. The number of amides is 1. The molecule has 1 aliphatic carbocycles. The van der Waals surface area contributed by atoms with E-state index in [1.165, 1.54) is 16.4 Å². The first-order valence-corrected chi connectivity index (χ1v) is 8.55. The van der Waals surface area contributed by atoms with Gasteiger partial charge in [0.25, 0.3) is 0 Å². The van der Waals surface area contributed by atoms with E-state index in [4.69, 9.17) is 11.6 Å². The van der Waals surface area contributed by atoms with E-state index in [0.717, 1.165) is 12.8 Å². The van der Waals surface area contributed by atoms with E-state index < -0.39 is 16.1 Å². The van der Waals surface area contributed by atoms with Gasteiger partial charge in [0.1, 0.15) is 10.9 Å². The maximum absolute atomic E-state index is 12.7. The molecule has 21 heavy (non-hydrogen) atoms. The van der Waals surface area contributed by atoms with Crippen LogP contribution >= 0.6 is 11.6 Å². The molecule has 1 saturated carbocycles. The molecule has 1 heterocycles. The van der Waals surface area contributed by atoms with Crippen LogP contribution in [0.3, 0.4) is 0 Å². The lowest BCUT2D eigenvalue weighted by Crippen LogP contribution is -2.46. The summed E-state index contributed by atoms with van der Waals surface area (Å²) in [7, 11) is -3.80. The van der Waals surface area contributed by atoms with Gasteiger partial charge < -0.3 is 5.32 Å². The summed E-state index contributed by atoms with van der Waals surface area (Å²) in [6.07, 6.45) is 5.22. The van der Waals surface area contributed by atoms with E-state index in [1.807, 2.05) is 0 Å². The summed E-state index contributed by atoms with van der Waals surface area (Å²) in [5.74, 6) is -0.276. The molecular formula is C14H15ClN2O3S. The highest BCUT2D eigenvalue weighted by Gasteiger charge is 2.38. The Hall–Kier alpha value is -1.37. The number of benzene rings is 1. The highest BCUT2D eigenvalue weighted by Crippen LogP contribution is 2.28. The summed E-state index contributed by atoms with van der Waals surface area (Å²) in [5.41, 5.74) is 0. The Kier molecular flexibility index (Phi) is 3.77. The number of rotatable bonds is 4. The van der Waals surface area contributed by atoms with Gasteiger partial charge in [-0.2, -0.15) is 4.31 Å². The predicted octanol–water partition coefficient (Wildman–Crippen LogP) is 1.55. The molecule has 1 aliphatic heterocycles. The fourth-order valence-corrected chi connectivity index (χ4v) is 4.26. The zero-order valence-electron chi connectivity index (χ0n) is 11.2. The summed E-state index contributed by atoms with van der Waals surface area (Å²) in [4.78, 5) is 12.2. The third-order valence-electron chi connectivity index (χ3n) is 3.53. The van der Waals surface area contributed by atoms with Crippen LogP contribution < -0.4 is 5.32 Å². The number of hydrogen-bond donors (Lipinski definition) is 1. The molecule has 1 atom stereocenters. The Balaban J connectivity index is 1.87. The largest absolute Gasteiger partial charge is 0.352 e. The Morgan fingerprint density at radius 3 is 2.67 bits per heavy atom. The zero-order valence-corrected chi connectivity index (χ0v) is 12.8. The van der Waals surface area contributed by atoms with Crippen molar-refractivity contribution in [3.05, 3.63) is 41.4 Å². The highest BCUT2D eigenvalue weighted by molar-refractivity contribution is 7.89. The van der Waals surface area contributed by atoms with Crippen molar-refractivity contribution in [2.24, 2.45) is 0 Å². The molecule has 7 heteroatoms. The highest BCUT2D eigenvalue weighted by atomic mass is 35.5. The van der Waals surface area contributed by atoms with Gasteiger partial charge in [-0.15, -0.1) is 0 Å². The number of nitrogens with zero attached hydrogens (tertiary/aromatic N) is 1. The summed E-state index contributed by atoms with van der Waals surface area (Å²) < 4.78 is 26.6. The van der Waals surface area contributed by atoms with Gasteiger partial charge in [-0.25, -0.2) is 8.42 Å². The molecular weight excluding hydrogens is 312 g/mol. The van der Waals surface area contributed by atoms with Crippen molar-refractivity contribution in [2.45, 2.75) is 29.8 Å². The number of hydrogen-bond acceptors (Lipinski definition) is 3. The molecule has 3 rings (SSSR count). The van der Waals surface area contributed by atoms with Crippen molar-refractivity contribution < 1.29 is 13.2 Å². The van der Waals surface area contributed by atoms with Crippen molar-refractivity contribution in [1.29, 1.82) is 0 Å². The fourth-order valence-electron chi connectivity index (χ4n) is 2.26. The number of halogens is 1. The van der Waals surface area contributed by atoms with Gasteiger partial charge in [0.15, 0.2) is 0 Å². The van der Waals surface area contributed by atoms with E-state index in [2.05, 4.69) is 5.32 Å². The van der Waals surface area contributed by atoms with Crippen molar-refractivity contribution in [1.82, 2.24) is 9.62 Å². The molecule has 0 bridgehead atoms. The smallest absolute Gasteiger partial charge is 0.245 e. The molecule has 1 amide bonds. The molecule has 1 aromatic carbocycles. The SMILES string of the molecule is O=C(NC1CC1)[C@H]1C=CCN1S(=O)(=O)c1ccccc1Cl. The number of carbonyl (C=O) groups excluding carboxylic acids is 1. The quantitative estimate of drug-likeness (QED) is 0.854. The summed E-state index contributed by atoms with van der Waals surface area (Å²) in [6.45, 7) is 0.177. The Labute approximate surface area is 128 Å². The number of sulfonamides is 1. The molecule has 2 aliphatic rings. The van der Waals surface area contributed by atoms with Crippen LogP contribution in [-0.4, -0.2) is 37.3 Å². The average molecular weight is 327 g/mol. The van der Waals surface area contributed by atoms with Crippen LogP contribution in [0.5, 0.6) is 0 Å². The molecule has 1 N–H and O–H groups in total. The number of nitrogens with one attached hydrogen (secondary N) is 1. The third-order valence-corrected chi connectivity index (χ3v) is 5.88. The molecule has 0 radical (unpaired) electrons. The second-order valence-corrected chi connectivity index (χ2v) is 7.43. The van der Waals surface area contributed by atoms with Crippen LogP contribution in [-0.2, 0) is 14.8 Å². The van der Waals surface area contributed by atoms with E-state index >= 15 is 0 Å². The Morgan fingerprint density at radius 1 is 1.29 bits per heavy atom. The lowest BCUT2D eigenvalue weighted by Gasteiger charge is -2.23. The van der Waals surface area contributed by atoms with E-state index in [1.54, 1.807) is 24.3 Å². The summed E-state index contributed by atoms with van der Waals surface area (Å²) in [6, 6.07) is 5.65. The minimum atomic E-state index is -3.80. The second-order valence-electron chi connectivity index (χ2n) is 5.16. The van der Waals surface area contributed by atoms with E-state index in [9.17, 15) is 13.2 Å². The zero-order chi connectivity index (χ0) is 15.0. The van der Waals surface area contributed by atoms with Crippen LogP contribution in [0.15, 0.2) is 41.3 Å². The van der Waals surface area contributed by atoms with Crippen LogP contribution in [0.2, 0.25) is 5.02 Å². The van der Waals surface area contributed by atoms with E-state index in [-0.39, 0.29) is 28.4 Å². The standard InChI is InChI=1S/C14H15ClN2O3S/c15-11-4-1-2-6-13(11)21(19,20)17-9-3-5-12(17)14(18)16-10-7-8-10/h1-6,10,12H,7-9H2,(H,16,18)/t12-/m1/s1. The average Bonchev–Trinajstić information content (AvgIpc) is 3.10. The van der Waals surface area contributed by atoms with Gasteiger partial charge in [0.2, 0.25) is 15.9 Å². The van der Waals surface area contributed by atoms with Gasteiger partial charge in [-0.1, -0.05) is 35.9 Å². The first-order chi connectivity index (χ1) is 10.00. The Morgan fingerprint density at radius 2 is 2.00 bits per heavy atom. The number of carbonyl (C=O) groups is 1. The lowest BCUT2D eigenvalue weighted by molar-refractivity contribution is -0.123. The fraction of sp³-hybridized carbons (Fsp3) is 0.357. The Bertz CT molecular complexity index is 698. The molecule has 0 spiro atoms. The topological polar surface area (TPSA) is 66.5 Å². The first-order valence-electron chi connectivity index (χ1n) is 6.73. The maximum Gasteiger partial charge on any atom is 0.245 e. The van der Waals surface area contributed by atoms with Crippen molar-refractivity contribution in [2.75, 3.05) is 6.54 Å². The van der Waals surface area contributed by atoms with Gasteiger partial charge in [0, 0.05) is 12.6 Å². The molecule has 0 aromatic heterocycles. The molecule has 112 valence electrons. The van der Waals surface area contributed by atoms with E-state index in [0.29, 0.717) is 0 Å². The summed E-state index contributed by atoms with van der Waals surface area (Å²) in [5, 5.41) is 2.99. The third kappa shape index (κ3) is 2.84. The van der Waals surface area contributed by atoms with Gasteiger partial charge >= 0.3 is 0 Å². The molecule has 1 aromatic rings. The van der Waals surface area contributed by atoms with Crippen molar-refractivity contribution in [3.63, 3.8) is 0 Å². The monoisotopic (exact) mass is 326 g/mol. The van der Waals surface area contributed by atoms with Crippen LogP contribution in [0, 0.1) is 0 Å².